The van der Waals surface area contributed by atoms with Gasteiger partial charge >= 0.3 is 0 Å². The van der Waals surface area contributed by atoms with Gasteiger partial charge in [-0.1, -0.05) is 31.9 Å². The third-order valence-corrected chi connectivity index (χ3v) is 2.46. The first kappa shape index (κ1) is 8.36. The van der Waals surface area contributed by atoms with Crippen LogP contribution in [0.2, 0.25) is 0 Å². The van der Waals surface area contributed by atoms with Gasteiger partial charge in [0, 0.05) is 11.6 Å². The number of thiazole rings is 1. The lowest BCUT2D eigenvalue weighted by molar-refractivity contribution is 0.101. The molecule has 0 N–H and O–H groups in total. The lowest BCUT2D eigenvalue weighted by atomic mass is 10.5. The minimum atomic E-state index is -0.314. The summed E-state index contributed by atoms with van der Waals surface area (Å²) in [5.74, 6) is -0.0324. The summed E-state index contributed by atoms with van der Waals surface area (Å²) in [7, 11) is 0. The van der Waals surface area contributed by atoms with Crippen molar-refractivity contribution in [2.24, 2.45) is 0 Å². The highest BCUT2D eigenvalue weighted by atomic mass is 79.9. The van der Waals surface area contributed by atoms with Gasteiger partial charge in [-0.15, -0.1) is 11.3 Å². The summed E-state index contributed by atoms with van der Waals surface area (Å²) in [6, 6.07) is 0. The number of carbonyl (C=O) groups excluding carboxylic acids is 1. The highest BCUT2D eigenvalue weighted by molar-refractivity contribution is 9.25. The van der Waals surface area contributed by atoms with Crippen LogP contribution in [0.1, 0.15) is 9.80 Å². The van der Waals surface area contributed by atoms with E-state index in [0.29, 0.717) is 5.01 Å². The van der Waals surface area contributed by atoms with Gasteiger partial charge in [-0.25, -0.2) is 4.98 Å². The van der Waals surface area contributed by atoms with Gasteiger partial charge in [0.05, 0.1) is 0 Å². The molecular formula is C5H3Br2NOS. The fourth-order valence-corrected chi connectivity index (χ4v) is 1.78. The second-order valence-electron chi connectivity index (χ2n) is 1.50. The summed E-state index contributed by atoms with van der Waals surface area (Å²) in [6.07, 6.45) is 1.61. The molecule has 0 saturated carbocycles. The first-order valence-electron chi connectivity index (χ1n) is 2.43. The lowest BCUT2D eigenvalue weighted by Gasteiger charge is -1.93. The molecule has 1 rings (SSSR count). The molecular weight excluding hydrogens is 282 g/mol. The molecule has 1 aromatic heterocycles. The van der Waals surface area contributed by atoms with Crippen LogP contribution >= 0.6 is 43.2 Å². The van der Waals surface area contributed by atoms with Crippen molar-refractivity contribution in [2.45, 2.75) is 3.74 Å². The van der Waals surface area contributed by atoms with Crippen LogP contribution in [-0.4, -0.2) is 14.5 Å². The molecule has 0 unspecified atom stereocenters. The van der Waals surface area contributed by atoms with E-state index in [4.69, 9.17) is 0 Å². The standard InChI is InChI=1S/C5H3Br2NOS/c6-4(7)3(9)5-8-1-2-10-5/h1-2,4H. The van der Waals surface area contributed by atoms with E-state index < -0.39 is 0 Å². The fourth-order valence-electron chi connectivity index (χ4n) is 0.438. The van der Waals surface area contributed by atoms with Crippen LogP contribution in [0.15, 0.2) is 11.6 Å². The molecule has 54 valence electrons. The average molecular weight is 285 g/mol. The van der Waals surface area contributed by atoms with Crippen molar-refractivity contribution in [2.75, 3.05) is 0 Å². The Morgan fingerprint density at radius 3 is 2.80 bits per heavy atom. The molecule has 0 bridgehead atoms. The molecule has 0 aliphatic rings. The Bertz CT molecular complexity index is 222. The Morgan fingerprint density at radius 2 is 2.40 bits per heavy atom. The fraction of sp³-hybridized carbons (Fsp3) is 0.200. The molecule has 1 heterocycles. The molecule has 0 aliphatic carbocycles. The number of carbonyl (C=O) groups is 1. The topological polar surface area (TPSA) is 30.0 Å². The molecule has 5 heteroatoms. The summed E-state index contributed by atoms with van der Waals surface area (Å²) in [5, 5.41) is 2.30. The number of halogens is 2. The minimum absolute atomic E-state index is 0.0324. The van der Waals surface area contributed by atoms with Crippen molar-refractivity contribution in [3.8, 4) is 0 Å². The van der Waals surface area contributed by atoms with E-state index in [-0.39, 0.29) is 9.52 Å². The third kappa shape index (κ3) is 1.87. The average Bonchev–Trinajstić information content (AvgIpc) is 2.36. The van der Waals surface area contributed by atoms with E-state index in [9.17, 15) is 4.79 Å². The first-order chi connectivity index (χ1) is 4.72. The van der Waals surface area contributed by atoms with Crippen LogP contribution in [0.25, 0.3) is 0 Å². The predicted octanol–water partition coefficient (Wildman–Crippen LogP) is 2.44. The normalized spacial score (nSPS) is 10.3. The van der Waals surface area contributed by atoms with E-state index in [2.05, 4.69) is 36.8 Å². The maximum Gasteiger partial charge on any atom is 0.215 e. The predicted molar refractivity (Wildman–Crippen MR) is 48.1 cm³/mol. The van der Waals surface area contributed by atoms with Crippen LogP contribution < -0.4 is 0 Å². The Balaban J connectivity index is 2.78. The molecule has 0 spiro atoms. The third-order valence-electron chi connectivity index (χ3n) is 0.841. The van der Waals surface area contributed by atoms with Crippen molar-refractivity contribution in [1.29, 1.82) is 0 Å². The molecule has 0 aliphatic heterocycles. The van der Waals surface area contributed by atoms with Crippen molar-refractivity contribution in [3.05, 3.63) is 16.6 Å². The van der Waals surface area contributed by atoms with Crippen LogP contribution in [0.3, 0.4) is 0 Å². The van der Waals surface area contributed by atoms with Gasteiger partial charge < -0.3 is 0 Å². The van der Waals surface area contributed by atoms with Gasteiger partial charge in [0.15, 0.2) is 5.01 Å². The summed E-state index contributed by atoms with van der Waals surface area (Å²) in [5.41, 5.74) is 0. The molecule has 10 heavy (non-hydrogen) atoms. The molecule has 0 fully saturated rings. The van der Waals surface area contributed by atoms with Crippen molar-refractivity contribution >= 4 is 49.0 Å². The van der Waals surface area contributed by atoms with E-state index in [1.165, 1.54) is 11.3 Å². The van der Waals surface area contributed by atoms with E-state index in [1.54, 1.807) is 11.6 Å². The monoisotopic (exact) mass is 283 g/mol. The largest absolute Gasteiger partial charge is 0.289 e. The molecule has 0 aromatic carbocycles. The first-order valence-corrected chi connectivity index (χ1v) is 5.15. The van der Waals surface area contributed by atoms with Gasteiger partial charge in [0.25, 0.3) is 0 Å². The molecule has 1 aromatic rings. The maximum absolute atomic E-state index is 11.1. The Kier molecular flexibility index (Phi) is 3.00. The van der Waals surface area contributed by atoms with Crippen molar-refractivity contribution in [3.63, 3.8) is 0 Å². The number of aromatic nitrogens is 1. The smallest absolute Gasteiger partial charge is 0.215 e. The van der Waals surface area contributed by atoms with Gasteiger partial charge in [-0.3, -0.25) is 4.79 Å². The zero-order chi connectivity index (χ0) is 7.56. The molecule has 0 saturated heterocycles. The SMILES string of the molecule is O=C(c1nccs1)C(Br)Br. The number of nitrogens with zero attached hydrogens (tertiary/aromatic N) is 1. The Morgan fingerprint density at radius 1 is 1.70 bits per heavy atom. The second kappa shape index (κ2) is 3.59. The van der Waals surface area contributed by atoms with Crippen LogP contribution in [-0.2, 0) is 0 Å². The number of ketones is 1. The van der Waals surface area contributed by atoms with Crippen LogP contribution in [0.5, 0.6) is 0 Å². The molecule has 0 atom stereocenters. The van der Waals surface area contributed by atoms with Gasteiger partial charge in [0.2, 0.25) is 5.78 Å². The number of alkyl halides is 2. The summed E-state index contributed by atoms with van der Waals surface area (Å²) in [6.45, 7) is 0. The van der Waals surface area contributed by atoms with Gasteiger partial charge in [-0.2, -0.15) is 0 Å². The van der Waals surface area contributed by atoms with Crippen molar-refractivity contribution in [1.82, 2.24) is 4.98 Å². The second-order valence-corrected chi connectivity index (χ2v) is 5.46. The zero-order valence-corrected chi connectivity index (χ0v) is 8.74. The van der Waals surface area contributed by atoms with Gasteiger partial charge in [-0.05, 0) is 0 Å². The van der Waals surface area contributed by atoms with E-state index in [1.807, 2.05) is 0 Å². The highest BCUT2D eigenvalue weighted by Gasteiger charge is 2.14. The van der Waals surface area contributed by atoms with Crippen LogP contribution in [0, 0.1) is 0 Å². The number of rotatable bonds is 2. The lowest BCUT2D eigenvalue weighted by Crippen LogP contribution is -2.05. The maximum atomic E-state index is 11.1. The number of Topliss-reactive ketones (excluding diaryl/α,β-unsaturated/α-hetero) is 1. The zero-order valence-electron chi connectivity index (χ0n) is 4.75. The Hall–Kier alpha value is 0.260. The summed E-state index contributed by atoms with van der Waals surface area (Å²) in [4.78, 5) is 14.9. The quantitative estimate of drug-likeness (QED) is 0.617. The molecule has 0 radical (unpaired) electrons. The van der Waals surface area contributed by atoms with E-state index in [0.717, 1.165) is 0 Å². The molecule has 0 amide bonds. The van der Waals surface area contributed by atoms with Gasteiger partial charge in [0.1, 0.15) is 3.74 Å². The minimum Gasteiger partial charge on any atom is -0.289 e. The summed E-state index contributed by atoms with van der Waals surface area (Å²) < 4.78 is -0.314. The number of hydrogen-bond donors (Lipinski definition) is 0. The summed E-state index contributed by atoms with van der Waals surface area (Å²) >= 11 is 7.53. The van der Waals surface area contributed by atoms with Crippen molar-refractivity contribution < 1.29 is 4.79 Å². The van der Waals surface area contributed by atoms with E-state index >= 15 is 0 Å². The number of hydrogen-bond acceptors (Lipinski definition) is 3. The van der Waals surface area contributed by atoms with Crippen LogP contribution in [0.4, 0.5) is 0 Å². The Labute approximate surface area is 78.9 Å². The molecule has 2 nitrogen and oxygen atoms in total. The highest BCUT2D eigenvalue weighted by Crippen LogP contribution is 2.16.